The zero-order chi connectivity index (χ0) is 17.4. The molecular weight excluding hydrogens is 425 g/mol. The summed E-state index contributed by atoms with van der Waals surface area (Å²) in [7, 11) is 2.16. The fourth-order valence-corrected chi connectivity index (χ4v) is 4.87. The third-order valence-corrected chi connectivity index (χ3v) is 6.52. The molecule has 2 aromatic rings. The van der Waals surface area contributed by atoms with E-state index < -0.39 is 0 Å². The molecule has 2 aromatic carbocycles. The van der Waals surface area contributed by atoms with E-state index in [2.05, 4.69) is 58.8 Å². The molecule has 0 amide bonds. The average Bonchev–Trinajstić information content (AvgIpc) is 2.86. The lowest BCUT2D eigenvalue weighted by Crippen LogP contribution is -2.49. The summed E-state index contributed by atoms with van der Waals surface area (Å²) >= 11 is 2.32. The minimum atomic E-state index is -0.107. The number of carbonyl (C=O) groups excluding carboxylic acids is 1. The summed E-state index contributed by atoms with van der Waals surface area (Å²) in [6, 6.07) is 18.9. The smallest absolute Gasteiger partial charge is 0.316 e. The largest absolute Gasteiger partial charge is 0.426 e. The number of rotatable bonds is 3. The molecule has 2 bridgehead atoms. The number of nitrogens with zero attached hydrogens (tertiary/aromatic N) is 1. The van der Waals surface area contributed by atoms with Crippen molar-refractivity contribution in [3.8, 4) is 5.75 Å². The molecule has 2 saturated heterocycles. The van der Waals surface area contributed by atoms with Crippen molar-refractivity contribution >= 4 is 28.6 Å². The van der Waals surface area contributed by atoms with Crippen molar-refractivity contribution in [2.75, 3.05) is 7.05 Å². The number of halogens is 1. The summed E-state index contributed by atoms with van der Waals surface area (Å²) in [5.41, 5.74) is 1.26. The van der Waals surface area contributed by atoms with Gasteiger partial charge in [-0.05, 0) is 78.7 Å². The van der Waals surface area contributed by atoms with Crippen LogP contribution in [0.1, 0.15) is 30.7 Å². The van der Waals surface area contributed by atoms with Crippen molar-refractivity contribution in [1.82, 2.24) is 4.90 Å². The van der Waals surface area contributed by atoms with Crippen molar-refractivity contribution in [2.45, 2.75) is 37.3 Å². The van der Waals surface area contributed by atoms with Gasteiger partial charge in [-0.15, -0.1) is 0 Å². The molecule has 4 heteroatoms. The van der Waals surface area contributed by atoms with Crippen LogP contribution < -0.4 is 4.74 Å². The number of hydrogen-bond donors (Lipinski definition) is 0. The summed E-state index contributed by atoms with van der Waals surface area (Å²) in [4.78, 5) is 15.5. The highest BCUT2D eigenvalue weighted by atomic mass is 127. The second kappa shape index (κ2) is 7.08. The predicted molar refractivity (Wildman–Crippen MR) is 107 cm³/mol. The Labute approximate surface area is 162 Å². The van der Waals surface area contributed by atoms with Gasteiger partial charge in [0.05, 0.1) is 5.92 Å². The van der Waals surface area contributed by atoms with Crippen molar-refractivity contribution in [1.29, 1.82) is 0 Å². The summed E-state index contributed by atoms with van der Waals surface area (Å²) in [5, 5.41) is 0. The molecule has 2 heterocycles. The van der Waals surface area contributed by atoms with Gasteiger partial charge in [0, 0.05) is 21.6 Å². The maximum absolute atomic E-state index is 13.1. The van der Waals surface area contributed by atoms with Gasteiger partial charge in [-0.2, -0.15) is 0 Å². The van der Waals surface area contributed by atoms with E-state index in [1.807, 2.05) is 30.3 Å². The van der Waals surface area contributed by atoms with Gasteiger partial charge in [0.15, 0.2) is 0 Å². The van der Waals surface area contributed by atoms with Crippen molar-refractivity contribution in [2.24, 2.45) is 5.92 Å². The Kier molecular flexibility index (Phi) is 4.82. The molecule has 0 saturated carbocycles. The van der Waals surface area contributed by atoms with Crippen LogP contribution in [0.25, 0.3) is 0 Å². The zero-order valence-electron chi connectivity index (χ0n) is 14.3. The Morgan fingerprint density at radius 1 is 1.08 bits per heavy atom. The van der Waals surface area contributed by atoms with Gasteiger partial charge < -0.3 is 4.74 Å². The molecule has 130 valence electrons. The van der Waals surface area contributed by atoms with Crippen molar-refractivity contribution in [3.05, 3.63) is 63.7 Å². The van der Waals surface area contributed by atoms with E-state index in [9.17, 15) is 4.79 Å². The second-order valence-corrected chi connectivity index (χ2v) is 8.36. The quantitative estimate of drug-likeness (QED) is 0.395. The zero-order valence-corrected chi connectivity index (χ0v) is 16.4. The molecule has 4 atom stereocenters. The van der Waals surface area contributed by atoms with Gasteiger partial charge >= 0.3 is 5.97 Å². The second-order valence-electron chi connectivity index (χ2n) is 7.12. The fraction of sp³-hybridized carbons (Fsp3) is 0.381. The maximum atomic E-state index is 13.1. The number of esters is 1. The number of para-hydroxylation sites is 1. The van der Waals surface area contributed by atoms with Crippen LogP contribution in [0.4, 0.5) is 0 Å². The highest BCUT2D eigenvalue weighted by Crippen LogP contribution is 2.46. The van der Waals surface area contributed by atoms with Crippen LogP contribution in [0.15, 0.2) is 54.6 Å². The lowest BCUT2D eigenvalue weighted by Gasteiger charge is -2.41. The van der Waals surface area contributed by atoms with E-state index in [1.54, 1.807) is 0 Å². The lowest BCUT2D eigenvalue weighted by atomic mass is 9.76. The minimum absolute atomic E-state index is 0.0908. The first-order valence-corrected chi connectivity index (χ1v) is 9.95. The molecule has 0 aromatic heterocycles. The van der Waals surface area contributed by atoms with Crippen LogP contribution in [-0.4, -0.2) is 30.0 Å². The predicted octanol–water partition coefficient (Wildman–Crippen LogP) is 4.46. The third-order valence-electron chi connectivity index (χ3n) is 5.80. The molecule has 0 N–H and O–H groups in total. The number of fused-ring (bicyclic) bond motifs is 2. The first-order chi connectivity index (χ1) is 12.1. The summed E-state index contributed by atoms with van der Waals surface area (Å²) in [6.07, 6.45) is 3.29. The molecule has 2 fully saturated rings. The van der Waals surface area contributed by atoms with E-state index in [-0.39, 0.29) is 23.8 Å². The molecule has 0 aliphatic carbocycles. The number of benzene rings is 2. The standard InChI is InChI=1S/C21H22INO2/c1-23-16-11-12-19(23)20(21(24)25-17-5-3-2-4-6-17)18(13-16)14-7-9-15(22)10-8-14/h2-10,16,18-20H,11-13H2,1H3/t16-,18?,19?,20?/m1/s1. The topological polar surface area (TPSA) is 29.5 Å². The monoisotopic (exact) mass is 447 g/mol. The molecule has 2 aliphatic heterocycles. The Morgan fingerprint density at radius 2 is 1.80 bits per heavy atom. The van der Waals surface area contributed by atoms with Gasteiger partial charge in [-0.25, -0.2) is 0 Å². The van der Waals surface area contributed by atoms with E-state index in [0.717, 1.165) is 12.8 Å². The Bertz CT molecular complexity index is 746. The molecule has 25 heavy (non-hydrogen) atoms. The number of ether oxygens (including phenoxy) is 1. The Hall–Kier alpha value is -1.40. The molecule has 4 rings (SSSR count). The van der Waals surface area contributed by atoms with Gasteiger partial charge in [0.2, 0.25) is 0 Å². The Morgan fingerprint density at radius 3 is 2.52 bits per heavy atom. The highest BCUT2D eigenvalue weighted by molar-refractivity contribution is 14.1. The van der Waals surface area contributed by atoms with Crippen LogP contribution in [-0.2, 0) is 4.79 Å². The molecule has 0 spiro atoms. The van der Waals surface area contributed by atoms with Crippen LogP contribution >= 0.6 is 22.6 Å². The third kappa shape index (κ3) is 3.34. The van der Waals surface area contributed by atoms with E-state index in [4.69, 9.17) is 4.74 Å². The van der Waals surface area contributed by atoms with Gasteiger partial charge in [-0.3, -0.25) is 9.69 Å². The minimum Gasteiger partial charge on any atom is -0.426 e. The first-order valence-electron chi connectivity index (χ1n) is 8.87. The number of carbonyl (C=O) groups is 1. The van der Waals surface area contributed by atoms with Crippen molar-refractivity contribution in [3.63, 3.8) is 0 Å². The van der Waals surface area contributed by atoms with Gasteiger partial charge in [0.1, 0.15) is 5.75 Å². The summed E-state index contributed by atoms with van der Waals surface area (Å²) < 4.78 is 6.98. The number of piperidine rings is 1. The highest BCUT2D eigenvalue weighted by Gasteiger charge is 2.49. The average molecular weight is 447 g/mol. The van der Waals surface area contributed by atoms with Crippen LogP contribution in [0.3, 0.4) is 0 Å². The van der Waals surface area contributed by atoms with Crippen LogP contribution in [0.5, 0.6) is 5.75 Å². The summed E-state index contributed by atoms with van der Waals surface area (Å²) in [5.74, 6) is 0.675. The lowest BCUT2D eigenvalue weighted by molar-refractivity contribution is -0.143. The molecule has 3 unspecified atom stereocenters. The maximum Gasteiger partial charge on any atom is 0.316 e. The Balaban J connectivity index is 1.64. The van der Waals surface area contributed by atoms with Gasteiger partial charge in [-0.1, -0.05) is 30.3 Å². The van der Waals surface area contributed by atoms with E-state index in [1.165, 1.54) is 15.6 Å². The van der Waals surface area contributed by atoms with Crippen LogP contribution in [0.2, 0.25) is 0 Å². The fourth-order valence-electron chi connectivity index (χ4n) is 4.51. The van der Waals surface area contributed by atoms with E-state index in [0.29, 0.717) is 11.8 Å². The molecule has 2 aliphatic rings. The van der Waals surface area contributed by atoms with Crippen molar-refractivity contribution < 1.29 is 9.53 Å². The normalized spacial score (nSPS) is 28.7. The van der Waals surface area contributed by atoms with Crippen LogP contribution in [0, 0.1) is 9.49 Å². The SMILES string of the molecule is CN1C2CC[C@@H]1CC(c1ccc(I)cc1)C2C(=O)Oc1ccccc1. The van der Waals surface area contributed by atoms with Gasteiger partial charge in [0.25, 0.3) is 0 Å². The number of hydrogen-bond acceptors (Lipinski definition) is 3. The summed E-state index contributed by atoms with van der Waals surface area (Å²) in [6.45, 7) is 0. The molecule has 3 nitrogen and oxygen atoms in total. The molecular formula is C21H22INO2. The molecule has 0 radical (unpaired) electrons. The first kappa shape index (κ1) is 17.0. The van der Waals surface area contributed by atoms with E-state index >= 15 is 0 Å².